The summed E-state index contributed by atoms with van der Waals surface area (Å²) in [6.45, 7) is 7.23. The van der Waals surface area contributed by atoms with Crippen molar-refractivity contribution < 1.29 is 14.4 Å². The summed E-state index contributed by atoms with van der Waals surface area (Å²) in [6, 6.07) is 12.5. The molecule has 4 rings (SSSR count). The summed E-state index contributed by atoms with van der Waals surface area (Å²) >= 11 is 1.86. The molecule has 2 aromatic carbocycles. The molecule has 6 nitrogen and oxygen atoms in total. The largest absolute Gasteiger partial charge is 0.337 e. The molecule has 2 aliphatic heterocycles. The maximum absolute atomic E-state index is 12.7. The summed E-state index contributed by atoms with van der Waals surface area (Å²) in [6.07, 6.45) is 0. The molecule has 2 heterocycles. The summed E-state index contributed by atoms with van der Waals surface area (Å²) in [5.74, 6) is 1.41. The van der Waals surface area contributed by atoms with E-state index in [4.69, 9.17) is 0 Å². The highest BCUT2D eigenvalue weighted by Gasteiger charge is 2.32. The number of nitrogens with zero attached hydrogens (tertiary/aromatic N) is 2. The van der Waals surface area contributed by atoms with Gasteiger partial charge >= 0.3 is 0 Å². The number of amides is 3. The number of anilines is 1. The third kappa shape index (κ3) is 3.85. The minimum Gasteiger partial charge on any atom is -0.337 e. The maximum atomic E-state index is 12.7. The standard InChI is InChI=1S/C23H23N3O3S/c1-15-13-17(22(28)25-9-11-30-12-10-25)7-8-20(15)24-21(27)14-26-16(2)18-5-3-4-6-19(18)23(26)29/h3-8,13H,2,9-12,14H2,1H3,(H,24,27). The van der Waals surface area contributed by atoms with Crippen molar-refractivity contribution in [1.29, 1.82) is 0 Å². The predicted molar refractivity (Wildman–Crippen MR) is 120 cm³/mol. The molecule has 1 fully saturated rings. The molecule has 0 atom stereocenters. The molecular weight excluding hydrogens is 398 g/mol. The third-order valence-electron chi connectivity index (χ3n) is 5.39. The maximum Gasteiger partial charge on any atom is 0.259 e. The molecule has 1 saturated heterocycles. The molecule has 3 amide bonds. The van der Waals surface area contributed by atoms with E-state index >= 15 is 0 Å². The first-order valence-corrected chi connectivity index (χ1v) is 11.0. The second kappa shape index (κ2) is 8.36. The van der Waals surface area contributed by atoms with Gasteiger partial charge in [0, 0.05) is 52.7 Å². The Balaban J connectivity index is 1.42. The molecule has 2 aromatic rings. The Hall–Kier alpha value is -3.06. The van der Waals surface area contributed by atoms with Crippen molar-refractivity contribution in [2.75, 3.05) is 36.5 Å². The first kappa shape index (κ1) is 20.2. The van der Waals surface area contributed by atoms with E-state index in [2.05, 4.69) is 11.9 Å². The molecule has 0 aromatic heterocycles. The van der Waals surface area contributed by atoms with E-state index < -0.39 is 0 Å². The van der Waals surface area contributed by atoms with Gasteiger partial charge in [-0.3, -0.25) is 19.3 Å². The minimum absolute atomic E-state index is 0.0213. The quantitative estimate of drug-likeness (QED) is 0.823. The van der Waals surface area contributed by atoms with Crippen molar-refractivity contribution >= 4 is 40.9 Å². The van der Waals surface area contributed by atoms with Crippen molar-refractivity contribution in [3.8, 4) is 0 Å². The number of hydrogen-bond acceptors (Lipinski definition) is 4. The van der Waals surface area contributed by atoms with E-state index in [1.165, 1.54) is 4.90 Å². The van der Waals surface area contributed by atoms with Crippen molar-refractivity contribution in [3.05, 3.63) is 71.3 Å². The van der Waals surface area contributed by atoms with E-state index in [-0.39, 0.29) is 24.3 Å². The SMILES string of the molecule is C=C1c2ccccc2C(=O)N1CC(=O)Nc1ccc(C(=O)N2CCSCC2)cc1C. The molecule has 1 N–H and O–H groups in total. The number of carbonyl (C=O) groups is 3. The molecule has 0 unspecified atom stereocenters. The normalized spacial score (nSPS) is 15.9. The van der Waals surface area contributed by atoms with E-state index in [9.17, 15) is 14.4 Å². The Morgan fingerprint density at radius 2 is 1.80 bits per heavy atom. The van der Waals surface area contributed by atoms with Crippen LogP contribution in [0.5, 0.6) is 0 Å². The highest BCUT2D eigenvalue weighted by Crippen LogP contribution is 2.31. The van der Waals surface area contributed by atoms with Gasteiger partial charge in [-0.25, -0.2) is 0 Å². The highest BCUT2D eigenvalue weighted by molar-refractivity contribution is 7.99. The van der Waals surface area contributed by atoms with Crippen molar-refractivity contribution in [2.24, 2.45) is 0 Å². The first-order chi connectivity index (χ1) is 14.5. The monoisotopic (exact) mass is 421 g/mol. The van der Waals surface area contributed by atoms with Gasteiger partial charge in [-0.2, -0.15) is 11.8 Å². The zero-order chi connectivity index (χ0) is 21.3. The average Bonchev–Trinajstić information content (AvgIpc) is 3.00. The topological polar surface area (TPSA) is 69.7 Å². The van der Waals surface area contributed by atoms with Crippen molar-refractivity contribution in [3.63, 3.8) is 0 Å². The van der Waals surface area contributed by atoms with Crippen LogP contribution >= 0.6 is 11.8 Å². The predicted octanol–water partition coefficient (Wildman–Crippen LogP) is 3.25. The number of carbonyl (C=O) groups excluding carboxylic acids is 3. The number of rotatable bonds is 4. The molecule has 30 heavy (non-hydrogen) atoms. The highest BCUT2D eigenvalue weighted by atomic mass is 32.2. The molecule has 0 spiro atoms. The smallest absolute Gasteiger partial charge is 0.259 e. The van der Waals surface area contributed by atoms with E-state index in [0.29, 0.717) is 22.5 Å². The molecule has 2 aliphatic rings. The number of aryl methyl sites for hydroxylation is 1. The van der Waals surface area contributed by atoms with Crippen LogP contribution in [0.4, 0.5) is 5.69 Å². The number of thioether (sulfide) groups is 1. The lowest BCUT2D eigenvalue weighted by Crippen LogP contribution is -2.37. The van der Waals surface area contributed by atoms with Gasteiger partial charge in [-0.05, 0) is 36.8 Å². The molecular formula is C23H23N3O3S. The molecule has 0 saturated carbocycles. The van der Waals surface area contributed by atoms with Crippen molar-refractivity contribution in [2.45, 2.75) is 6.92 Å². The van der Waals surface area contributed by atoms with Gasteiger partial charge < -0.3 is 10.2 Å². The van der Waals surface area contributed by atoms with Crippen LogP contribution in [0.15, 0.2) is 49.0 Å². The van der Waals surface area contributed by atoms with Gasteiger partial charge in [-0.15, -0.1) is 0 Å². The van der Waals surface area contributed by atoms with Crippen LogP contribution in [-0.2, 0) is 4.79 Å². The van der Waals surface area contributed by atoms with Gasteiger partial charge in [0.15, 0.2) is 0 Å². The fourth-order valence-electron chi connectivity index (χ4n) is 3.72. The second-order valence-corrected chi connectivity index (χ2v) is 8.59. The van der Waals surface area contributed by atoms with E-state index in [0.717, 1.165) is 35.7 Å². The van der Waals surface area contributed by atoms with Crippen LogP contribution in [0.2, 0.25) is 0 Å². The van der Waals surface area contributed by atoms with E-state index in [1.807, 2.05) is 35.7 Å². The summed E-state index contributed by atoms with van der Waals surface area (Å²) in [5.41, 5.74) is 3.89. The minimum atomic E-state index is -0.312. The Morgan fingerprint density at radius 1 is 1.10 bits per heavy atom. The van der Waals surface area contributed by atoms with Gasteiger partial charge in [0.2, 0.25) is 5.91 Å². The number of nitrogens with one attached hydrogen (secondary N) is 1. The molecule has 0 aliphatic carbocycles. The van der Waals surface area contributed by atoms with E-state index in [1.54, 1.807) is 30.3 Å². The van der Waals surface area contributed by atoms with Gasteiger partial charge in [-0.1, -0.05) is 24.8 Å². The van der Waals surface area contributed by atoms with Crippen LogP contribution in [0.1, 0.15) is 31.8 Å². The lowest BCUT2D eigenvalue weighted by atomic mass is 10.1. The summed E-state index contributed by atoms with van der Waals surface area (Å²) in [7, 11) is 0. The molecule has 7 heteroatoms. The van der Waals surface area contributed by atoms with Crippen molar-refractivity contribution in [1.82, 2.24) is 9.80 Å². The Labute approximate surface area is 179 Å². The lowest BCUT2D eigenvalue weighted by Gasteiger charge is -2.26. The van der Waals surface area contributed by atoms with Crippen LogP contribution < -0.4 is 5.32 Å². The fourth-order valence-corrected chi connectivity index (χ4v) is 4.62. The number of hydrogen-bond donors (Lipinski definition) is 1. The summed E-state index contributed by atoms with van der Waals surface area (Å²) in [5, 5.41) is 2.85. The van der Waals surface area contributed by atoms with Crippen LogP contribution in [-0.4, -0.2) is 58.7 Å². The molecule has 0 radical (unpaired) electrons. The van der Waals surface area contributed by atoms with Crippen LogP contribution in [0, 0.1) is 6.92 Å². The fraction of sp³-hybridized carbons (Fsp3) is 0.261. The average molecular weight is 422 g/mol. The van der Waals surface area contributed by atoms with Crippen LogP contribution in [0.25, 0.3) is 5.70 Å². The molecule has 154 valence electrons. The Kier molecular flexibility index (Phi) is 5.63. The summed E-state index contributed by atoms with van der Waals surface area (Å²) in [4.78, 5) is 41.1. The Bertz CT molecular complexity index is 1010. The zero-order valence-electron chi connectivity index (χ0n) is 16.8. The van der Waals surface area contributed by atoms with Crippen LogP contribution in [0.3, 0.4) is 0 Å². The zero-order valence-corrected chi connectivity index (χ0v) is 17.6. The number of fused-ring (bicyclic) bond motifs is 1. The molecule has 0 bridgehead atoms. The summed E-state index contributed by atoms with van der Waals surface area (Å²) < 4.78 is 0. The number of benzene rings is 2. The lowest BCUT2D eigenvalue weighted by molar-refractivity contribution is -0.116. The second-order valence-electron chi connectivity index (χ2n) is 7.37. The van der Waals surface area contributed by atoms with Gasteiger partial charge in [0.1, 0.15) is 6.54 Å². The first-order valence-electron chi connectivity index (χ1n) is 9.83. The third-order valence-corrected chi connectivity index (χ3v) is 6.33. The van der Waals surface area contributed by atoms with Gasteiger partial charge in [0.05, 0.1) is 0 Å². The Morgan fingerprint density at radius 3 is 2.47 bits per heavy atom. The van der Waals surface area contributed by atoms with Gasteiger partial charge in [0.25, 0.3) is 11.8 Å².